The third kappa shape index (κ3) is 4.33. The van der Waals surface area contributed by atoms with Gasteiger partial charge >= 0.3 is 6.09 Å². The van der Waals surface area contributed by atoms with Crippen LogP contribution in [-0.4, -0.2) is 16.7 Å². The first-order valence-corrected chi connectivity index (χ1v) is 6.30. The zero-order chi connectivity index (χ0) is 11.6. The molecule has 1 rings (SSSR count). The molecule has 0 aliphatic rings. The van der Waals surface area contributed by atoms with Gasteiger partial charge in [-0.15, -0.1) is 11.3 Å². The van der Waals surface area contributed by atoms with Gasteiger partial charge in [-0.25, -0.2) is 9.78 Å². The summed E-state index contributed by atoms with van der Waals surface area (Å²) in [6.07, 6.45) is -0.467. The van der Waals surface area contributed by atoms with Crippen LogP contribution in [0.3, 0.4) is 0 Å². The van der Waals surface area contributed by atoms with Gasteiger partial charge in [0, 0.05) is 0 Å². The number of ether oxygens (including phenoxy) is 1. The second-order valence-electron chi connectivity index (χ2n) is 3.98. The summed E-state index contributed by atoms with van der Waals surface area (Å²) in [5.41, 5.74) is -0.486. The van der Waals surface area contributed by atoms with Crippen LogP contribution in [-0.2, 0) is 4.74 Å². The zero-order valence-electron chi connectivity index (χ0n) is 9.05. The zero-order valence-corrected chi connectivity index (χ0v) is 12.0. The predicted molar refractivity (Wildman–Crippen MR) is 69.4 cm³/mol. The van der Waals surface area contributed by atoms with Gasteiger partial charge in [0.1, 0.15) is 8.48 Å². The SMILES string of the molecule is Cc1nc(NC(=O)OC(C)(C)C)c(I)s1. The van der Waals surface area contributed by atoms with Gasteiger partial charge in [-0.2, -0.15) is 0 Å². The number of hydrogen-bond acceptors (Lipinski definition) is 4. The van der Waals surface area contributed by atoms with E-state index in [9.17, 15) is 4.79 Å². The lowest BCUT2D eigenvalue weighted by Crippen LogP contribution is -2.27. The standard InChI is InChI=1S/C9H13IN2O2S/c1-5-11-7(6(10)15-5)12-8(13)14-9(2,3)4/h1-4H3,(H,12,13). The molecule has 4 nitrogen and oxygen atoms in total. The molecule has 1 heterocycles. The molecule has 1 N–H and O–H groups in total. The highest BCUT2D eigenvalue weighted by atomic mass is 127. The minimum Gasteiger partial charge on any atom is -0.444 e. The molecule has 1 amide bonds. The van der Waals surface area contributed by atoms with E-state index in [4.69, 9.17) is 4.74 Å². The van der Waals surface area contributed by atoms with Crippen molar-refractivity contribution in [2.24, 2.45) is 0 Å². The minimum atomic E-state index is -0.486. The van der Waals surface area contributed by atoms with Gasteiger partial charge in [-0.1, -0.05) is 0 Å². The van der Waals surface area contributed by atoms with E-state index in [2.05, 4.69) is 32.9 Å². The van der Waals surface area contributed by atoms with Crippen LogP contribution in [0.4, 0.5) is 10.6 Å². The molecule has 15 heavy (non-hydrogen) atoms. The molecule has 0 fully saturated rings. The molecular weight excluding hydrogens is 327 g/mol. The number of halogens is 1. The lowest BCUT2D eigenvalue weighted by atomic mass is 10.2. The largest absolute Gasteiger partial charge is 0.444 e. The number of thiazole rings is 1. The van der Waals surface area contributed by atoms with Crippen LogP contribution in [0.5, 0.6) is 0 Å². The minimum absolute atomic E-state index is 0.467. The number of rotatable bonds is 1. The van der Waals surface area contributed by atoms with Crippen molar-refractivity contribution in [2.45, 2.75) is 33.3 Å². The third-order valence-corrected chi connectivity index (χ3v) is 3.24. The number of carbonyl (C=O) groups excluding carboxylic acids is 1. The molecular formula is C9H13IN2O2S. The van der Waals surface area contributed by atoms with E-state index >= 15 is 0 Å². The van der Waals surface area contributed by atoms with Crippen molar-refractivity contribution in [1.82, 2.24) is 4.98 Å². The van der Waals surface area contributed by atoms with Crippen molar-refractivity contribution < 1.29 is 9.53 Å². The molecule has 0 atom stereocenters. The van der Waals surface area contributed by atoms with Crippen LogP contribution in [0.25, 0.3) is 0 Å². The Bertz CT molecular complexity index is 371. The van der Waals surface area contributed by atoms with E-state index in [1.807, 2.05) is 27.7 Å². The van der Waals surface area contributed by atoms with Crippen molar-refractivity contribution in [1.29, 1.82) is 0 Å². The van der Waals surface area contributed by atoms with Crippen LogP contribution in [0.2, 0.25) is 0 Å². The average Bonchev–Trinajstić information content (AvgIpc) is 2.25. The maximum absolute atomic E-state index is 11.4. The van der Waals surface area contributed by atoms with Gasteiger partial charge in [0.15, 0.2) is 5.82 Å². The molecule has 0 aliphatic heterocycles. The summed E-state index contributed by atoms with van der Waals surface area (Å²) in [7, 11) is 0. The van der Waals surface area contributed by atoms with Gasteiger partial charge < -0.3 is 4.74 Å². The first kappa shape index (κ1) is 12.7. The maximum atomic E-state index is 11.4. The number of carbonyl (C=O) groups is 1. The summed E-state index contributed by atoms with van der Waals surface area (Å²) in [5.74, 6) is 0.576. The van der Waals surface area contributed by atoms with E-state index in [0.29, 0.717) is 5.82 Å². The van der Waals surface area contributed by atoms with Crippen LogP contribution in [0.1, 0.15) is 25.8 Å². The van der Waals surface area contributed by atoms with Gasteiger partial charge in [-0.3, -0.25) is 5.32 Å². The summed E-state index contributed by atoms with van der Waals surface area (Å²) in [4.78, 5) is 15.6. The number of anilines is 1. The van der Waals surface area contributed by atoms with Crippen LogP contribution in [0.15, 0.2) is 0 Å². The molecule has 0 saturated carbocycles. The van der Waals surface area contributed by atoms with Crippen molar-refractivity contribution in [3.8, 4) is 0 Å². The molecule has 1 aromatic rings. The monoisotopic (exact) mass is 340 g/mol. The molecule has 0 saturated heterocycles. The molecule has 0 spiro atoms. The van der Waals surface area contributed by atoms with Crippen LogP contribution in [0, 0.1) is 9.81 Å². The molecule has 1 aromatic heterocycles. The first-order valence-electron chi connectivity index (χ1n) is 4.41. The van der Waals surface area contributed by atoms with Crippen molar-refractivity contribution in [2.75, 3.05) is 5.32 Å². The topological polar surface area (TPSA) is 51.2 Å². The Hall–Kier alpha value is -0.370. The highest BCUT2D eigenvalue weighted by Crippen LogP contribution is 2.24. The average molecular weight is 340 g/mol. The fourth-order valence-corrected chi connectivity index (χ4v) is 2.68. The number of hydrogen-bond donors (Lipinski definition) is 1. The number of nitrogens with one attached hydrogen (secondary N) is 1. The summed E-state index contributed by atoms with van der Waals surface area (Å²) in [6.45, 7) is 7.37. The fraction of sp³-hybridized carbons (Fsp3) is 0.556. The highest BCUT2D eigenvalue weighted by molar-refractivity contribution is 14.1. The summed E-state index contributed by atoms with van der Waals surface area (Å²) in [6, 6.07) is 0. The summed E-state index contributed by atoms with van der Waals surface area (Å²) >= 11 is 3.67. The van der Waals surface area contributed by atoms with E-state index in [1.165, 1.54) is 11.3 Å². The fourth-order valence-electron chi connectivity index (χ4n) is 0.880. The Kier molecular flexibility index (Phi) is 3.93. The quantitative estimate of drug-likeness (QED) is 0.797. The van der Waals surface area contributed by atoms with Crippen molar-refractivity contribution >= 4 is 45.8 Å². The smallest absolute Gasteiger partial charge is 0.413 e. The third-order valence-electron chi connectivity index (χ3n) is 1.31. The van der Waals surface area contributed by atoms with Gasteiger partial charge in [-0.05, 0) is 50.3 Å². The summed E-state index contributed by atoms with van der Waals surface area (Å²) < 4.78 is 6.07. The Labute approximate surface area is 107 Å². The van der Waals surface area contributed by atoms with Gasteiger partial charge in [0.25, 0.3) is 0 Å². The first-order chi connectivity index (χ1) is 6.78. The number of nitrogens with zero attached hydrogens (tertiary/aromatic N) is 1. The van der Waals surface area contributed by atoms with Crippen molar-refractivity contribution in [3.63, 3.8) is 0 Å². The molecule has 0 unspecified atom stereocenters. The van der Waals surface area contributed by atoms with Crippen LogP contribution < -0.4 is 5.32 Å². The Morgan fingerprint density at radius 2 is 2.13 bits per heavy atom. The second-order valence-corrected chi connectivity index (χ2v) is 7.00. The second kappa shape index (κ2) is 4.65. The van der Waals surface area contributed by atoms with Crippen molar-refractivity contribution in [3.05, 3.63) is 7.89 Å². The van der Waals surface area contributed by atoms with E-state index in [-0.39, 0.29) is 0 Å². The van der Waals surface area contributed by atoms with E-state index < -0.39 is 11.7 Å². The number of aromatic nitrogens is 1. The van der Waals surface area contributed by atoms with E-state index in [1.54, 1.807) is 0 Å². The lowest BCUT2D eigenvalue weighted by Gasteiger charge is -2.19. The molecule has 0 radical (unpaired) electrons. The van der Waals surface area contributed by atoms with Gasteiger partial charge in [0.05, 0.1) is 5.01 Å². The Morgan fingerprint density at radius 1 is 1.53 bits per heavy atom. The van der Waals surface area contributed by atoms with Gasteiger partial charge in [0.2, 0.25) is 0 Å². The molecule has 0 bridgehead atoms. The molecule has 6 heteroatoms. The maximum Gasteiger partial charge on any atom is 0.413 e. The number of aryl methyl sites for hydroxylation is 1. The highest BCUT2D eigenvalue weighted by Gasteiger charge is 2.18. The lowest BCUT2D eigenvalue weighted by molar-refractivity contribution is 0.0635. The Balaban J connectivity index is 2.63. The molecule has 0 aliphatic carbocycles. The molecule has 0 aromatic carbocycles. The summed E-state index contributed by atoms with van der Waals surface area (Å²) in [5, 5.41) is 3.54. The predicted octanol–water partition coefficient (Wildman–Crippen LogP) is 3.40. The van der Waals surface area contributed by atoms with E-state index in [0.717, 1.165) is 7.89 Å². The number of amides is 1. The van der Waals surface area contributed by atoms with Crippen LogP contribution >= 0.6 is 33.9 Å². The molecule has 84 valence electrons. The normalized spacial score (nSPS) is 11.3. The Morgan fingerprint density at radius 3 is 2.53 bits per heavy atom.